The summed E-state index contributed by atoms with van der Waals surface area (Å²) in [6.07, 6.45) is 0.0618. The summed E-state index contributed by atoms with van der Waals surface area (Å²) >= 11 is 0. The van der Waals surface area contributed by atoms with Gasteiger partial charge in [0, 0.05) is 12.1 Å². The van der Waals surface area contributed by atoms with E-state index in [0.29, 0.717) is 12.0 Å². The number of benzene rings is 2. The number of nitriles is 1. The molecule has 2 aromatic carbocycles. The average molecular weight is 324 g/mol. The summed E-state index contributed by atoms with van der Waals surface area (Å²) in [5.41, 5.74) is 2.07. The molecule has 0 aliphatic carbocycles. The fourth-order valence-electron chi connectivity index (χ4n) is 3.11. The van der Waals surface area contributed by atoms with Gasteiger partial charge in [-0.05, 0) is 41.8 Å². The van der Waals surface area contributed by atoms with Crippen molar-refractivity contribution < 1.29 is 14.3 Å². The minimum atomic E-state index is -0.605. The fraction of sp³-hybridized carbons (Fsp3) is 0.263. The van der Waals surface area contributed by atoms with Crippen molar-refractivity contribution in [2.24, 2.45) is 0 Å². The lowest BCUT2D eigenvalue weighted by Crippen LogP contribution is -2.31. The topological polar surface area (TPSA) is 64.3 Å². The zero-order valence-corrected chi connectivity index (χ0v) is 13.0. The predicted molar refractivity (Wildman–Crippen MR) is 86.6 cm³/mol. The highest BCUT2D eigenvalue weighted by Crippen LogP contribution is 2.33. The number of aliphatic hydroxyl groups is 1. The Morgan fingerprint density at radius 2 is 2.04 bits per heavy atom. The van der Waals surface area contributed by atoms with Gasteiger partial charge in [-0.1, -0.05) is 24.3 Å². The molecule has 2 unspecified atom stereocenters. The Morgan fingerprint density at radius 1 is 1.29 bits per heavy atom. The van der Waals surface area contributed by atoms with Gasteiger partial charge in [0.2, 0.25) is 0 Å². The van der Waals surface area contributed by atoms with Crippen molar-refractivity contribution in [3.05, 3.63) is 71.0 Å². The van der Waals surface area contributed by atoms with Crippen LogP contribution in [-0.2, 0) is 6.42 Å². The number of halogens is 1. The van der Waals surface area contributed by atoms with Gasteiger partial charge >= 0.3 is 0 Å². The van der Waals surface area contributed by atoms with Crippen molar-refractivity contribution in [3.63, 3.8) is 0 Å². The SMILES string of the molecule is N#CCc1cccc(C(=O)N2CC(O)CC2c2ccc(F)cc2)c1. The molecular formula is C19H17FN2O2. The van der Waals surface area contributed by atoms with E-state index in [1.165, 1.54) is 12.1 Å². The van der Waals surface area contributed by atoms with E-state index in [1.807, 2.05) is 0 Å². The number of rotatable bonds is 3. The minimum absolute atomic E-state index is 0.194. The molecule has 0 aromatic heterocycles. The lowest BCUT2D eigenvalue weighted by molar-refractivity contribution is 0.0715. The van der Waals surface area contributed by atoms with Crippen LogP contribution >= 0.6 is 0 Å². The molecule has 0 saturated carbocycles. The van der Waals surface area contributed by atoms with Gasteiger partial charge in [0.25, 0.3) is 5.91 Å². The van der Waals surface area contributed by atoms with Gasteiger partial charge < -0.3 is 10.0 Å². The summed E-state index contributed by atoms with van der Waals surface area (Å²) in [5, 5.41) is 18.8. The third-order valence-electron chi connectivity index (χ3n) is 4.25. The van der Waals surface area contributed by atoms with Crippen molar-refractivity contribution in [2.75, 3.05) is 6.54 Å². The fourth-order valence-corrected chi connectivity index (χ4v) is 3.11. The maximum Gasteiger partial charge on any atom is 0.254 e. The van der Waals surface area contributed by atoms with Gasteiger partial charge in [0.05, 0.1) is 24.6 Å². The first-order valence-corrected chi connectivity index (χ1v) is 7.79. The van der Waals surface area contributed by atoms with E-state index in [2.05, 4.69) is 6.07 Å². The van der Waals surface area contributed by atoms with Crippen LogP contribution in [0.1, 0.15) is 33.9 Å². The second kappa shape index (κ2) is 6.81. The Balaban J connectivity index is 1.88. The van der Waals surface area contributed by atoms with Crippen LogP contribution < -0.4 is 0 Å². The first-order chi connectivity index (χ1) is 11.6. The normalized spacial score (nSPS) is 20.0. The van der Waals surface area contributed by atoms with Crippen molar-refractivity contribution in [1.82, 2.24) is 4.90 Å². The zero-order chi connectivity index (χ0) is 17.1. The number of aliphatic hydroxyl groups excluding tert-OH is 1. The molecule has 1 fully saturated rings. The number of amides is 1. The first-order valence-electron chi connectivity index (χ1n) is 7.79. The smallest absolute Gasteiger partial charge is 0.254 e. The van der Waals surface area contributed by atoms with Crippen LogP contribution in [0.3, 0.4) is 0 Å². The van der Waals surface area contributed by atoms with E-state index in [9.17, 15) is 14.3 Å². The highest BCUT2D eigenvalue weighted by atomic mass is 19.1. The van der Waals surface area contributed by atoms with E-state index in [4.69, 9.17) is 5.26 Å². The summed E-state index contributed by atoms with van der Waals surface area (Å²) in [6, 6.07) is 14.7. The highest BCUT2D eigenvalue weighted by Gasteiger charge is 2.35. The van der Waals surface area contributed by atoms with Gasteiger partial charge in [-0.15, -0.1) is 0 Å². The molecule has 1 N–H and O–H groups in total. The molecule has 2 atom stereocenters. The Kier molecular flexibility index (Phi) is 4.59. The average Bonchev–Trinajstić information content (AvgIpc) is 2.97. The molecule has 1 saturated heterocycles. The molecule has 0 radical (unpaired) electrons. The van der Waals surface area contributed by atoms with Crippen LogP contribution in [0.5, 0.6) is 0 Å². The number of nitrogens with zero attached hydrogens (tertiary/aromatic N) is 2. The second-order valence-electron chi connectivity index (χ2n) is 5.95. The van der Waals surface area contributed by atoms with E-state index in [1.54, 1.807) is 41.3 Å². The molecule has 122 valence electrons. The zero-order valence-electron chi connectivity index (χ0n) is 13.0. The number of carbonyl (C=O) groups is 1. The van der Waals surface area contributed by atoms with Crippen LogP contribution in [0, 0.1) is 17.1 Å². The van der Waals surface area contributed by atoms with Gasteiger partial charge in [0.15, 0.2) is 0 Å². The molecule has 5 heteroatoms. The Hall–Kier alpha value is -2.71. The standard InChI is InChI=1S/C19H17FN2O2/c20-16-6-4-14(5-7-16)18-11-17(23)12-22(18)19(24)15-3-1-2-13(10-15)8-9-21/h1-7,10,17-18,23H,8,11-12H2. The molecule has 1 heterocycles. The quantitative estimate of drug-likeness (QED) is 0.944. The van der Waals surface area contributed by atoms with Crippen LogP contribution in [0.2, 0.25) is 0 Å². The summed E-state index contributed by atoms with van der Waals surface area (Å²) in [4.78, 5) is 14.5. The van der Waals surface area contributed by atoms with Crippen LogP contribution in [0.15, 0.2) is 48.5 Å². The van der Waals surface area contributed by atoms with E-state index < -0.39 is 6.10 Å². The molecule has 1 aliphatic rings. The Bertz CT molecular complexity index is 783. The molecule has 0 spiro atoms. The van der Waals surface area contributed by atoms with Crippen LogP contribution in [-0.4, -0.2) is 28.6 Å². The number of β-amino-alcohol motifs (C(OH)–C–C–N with tert-alkyl or cyclic N) is 1. The largest absolute Gasteiger partial charge is 0.391 e. The Labute approximate surface area is 139 Å². The highest BCUT2D eigenvalue weighted by molar-refractivity contribution is 5.95. The molecule has 24 heavy (non-hydrogen) atoms. The van der Waals surface area contributed by atoms with Crippen molar-refractivity contribution in [3.8, 4) is 6.07 Å². The number of hydrogen-bond donors (Lipinski definition) is 1. The third kappa shape index (κ3) is 3.29. The Morgan fingerprint density at radius 3 is 2.75 bits per heavy atom. The second-order valence-corrected chi connectivity index (χ2v) is 5.95. The number of likely N-dealkylation sites (tertiary alicyclic amines) is 1. The van der Waals surface area contributed by atoms with Crippen molar-refractivity contribution >= 4 is 5.91 Å². The molecule has 3 rings (SSSR count). The monoisotopic (exact) mass is 324 g/mol. The van der Waals surface area contributed by atoms with E-state index >= 15 is 0 Å². The summed E-state index contributed by atoms with van der Waals surface area (Å²) in [5.74, 6) is -0.528. The molecular weight excluding hydrogens is 307 g/mol. The molecule has 1 aliphatic heterocycles. The maximum atomic E-state index is 13.1. The molecule has 0 bridgehead atoms. The molecule has 1 amide bonds. The molecule has 2 aromatic rings. The third-order valence-corrected chi connectivity index (χ3v) is 4.25. The van der Waals surface area contributed by atoms with Gasteiger partial charge in [-0.2, -0.15) is 5.26 Å². The van der Waals surface area contributed by atoms with Gasteiger partial charge in [0.1, 0.15) is 5.82 Å². The van der Waals surface area contributed by atoms with Crippen molar-refractivity contribution in [2.45, 2.75) is 25.0 Å². The predicted octanol–water partition coefficient (Wildman–Crippen LogP) is 2.84. The lowest BCUT2D eigenvalue weighted by Gasteiger charge is -2.25. The summed E-state index contributed by atoms with van der Waals surface area (Å²) in [6.45, 7) is 0.239. The first kappa shape index (κ1) is 16.2. The molecule has 4 nitrogen and oxygen atoms in total. The van der Waals surface area contributed by atoms with Crippen molar-refractivity contribution in [1.29, 1.82) is 5.26 Å². The lowest BCUT2D eigenvalue weighted by atomic mass is 10.0. The minimum Gasteiger partial charge on any atom is -0.391 e. The summed E-state index contributed by atoms with van der Waals surface area (Å²) in [7, 11) is 0. The van der Waals surface area contributed by atoms with Crippen LogP contribution in [0.4, 0.5) is 4.39 Å². The number of carbonyl (C=O) groups excluding carboxylic acids is 1. The van der Waals surface area contributed by atoms with Gasteiger partial charge in [-0.25, -0.2) is 4.39 Å². The van der Waals surface area contributed by atoms with Gasteiger partial charge in [-0.3, -0.25) is 4.79 Å². The maximum absolute atomic E-state index is 13.1. The van der Waals surface area contributed by atoms with E-state index in [-0.39, 0.29) is 30.7 Å². The van der Waals surface area contributed by atoms with Crippen LogP contribution in [0.25, 0.3) is 0 Å². The number of hydrogen-bond acceptors (Lipinski definition) is 3. The van der Waals surface area contributed by atoms with E-state index in [0.717, 1.165) is 11.1 Å². The summed E-state index contributed by atoms with van der Waals surface area (Å²) < 4.78 is 13.1.